The van der Waals surface area contributed by atoms with Gasteiger partial charge in [-0.25, -0.2) is 0 Å². The molecule has 2 aromatic carbocycles. The quantitative estimate of drug-likeness (QED) is 0.943. The Labute approximate surface area is 130 Å². The number of methoxy groups -OCH3 is 2. The lowest BCUT2D eigenvalue weighted by Crippen LogP contribution is -2.24. The summed E-state index contributed by atoms with van der Waals surface area (Å²) < 4.78 is 10.8. The number of hydrogen-bond acceptors (Lipinski definition) is 3. The molecule has 0 aromatic heterocycles. The number of amides is 1. The predicted octanol–water partition coefficient (Wildman–Crippen LogP) is 3.49. The number of aryl methyl sites for hydroxylation is 1. The number of fused-ring (bicyclic) bond motifs is 1. The van der Waals surface area contributed by atoms with Crippen LogP contribution < -0.4 is 14.8 Å². The molecule has 0 bridgehead atoms. The molecule has 0 saturated heterocycles. The smallest absolute Gasteiger partial charge is 0.225 e. The minimum absolute atomic E-state index is 0.00862. The number of hydrogen-bond donors (Lipinski definition) is 1. The van der Waals surface area contributed by atoms with Crippen LogP contribution in [0, 0.1) is 6.92 Å². The highest BCUT2D eigenvalue weighted by Crippen LogP contribution is 2.44. The largest absolute Gasteiger partial charge is 0.497 e. The zero-order valence-corrected chi connectivity index (χ0v) is 13.0. The normalized spacial score (nSPS) is 16.7. The van der Waals surface area contributed by atoms with E-state index in [1.165, 1.54) is 5.56 Å². The Hall–Kier alpha value is -2.49. The maximum absolute atomic E-state index is 12.1. The standard InChI is InChI=1S/C18H19NO3/c1-11-5-4-6-12(7-11)14-10-17(20)19-15-8-13(21-2)9-16(22-3)18(14)15/h4-9,14H,10H2,1-3H3,(H,19,20)/t14-/m0/s1. The van der Waals surface area contributed by atoms with Crippen molar-refractivity contribution in [2.45, 2.75) is 19.3 Å². The summed E-state index contributed by atoms with van der Waals surface area (Å²) >= 11 is 0. The summed E-state index contributed by atoms with van der Waals surface area (Å²) in [5.41, 5.74) is 4.07. The van der Waals surface area contributed by atoms with Gasteiger partial charge in [-0.1, -0.05) is 29.8 Å². The van der Waals surface area contributed by atoms with Gasteiger partial charge in [-0.15, -0.1) is 0 Å². The molecule has 0 radical (unpaired) electrons. The molecular weight excluding hydrogens is 278 g/mol. The van der Waals surface area contributed by atoms with Crippen molar-refractivity contribution >= 4 is 11.6 Å². The predicted molar refractivity (Wildman–Crippen MR) is 85.8 cm³/mol. The SMILES string of the molecule is COc1cc2c(c(OC)c1)[C@H](c1cccc(C)c1)CC(=O)N2. The van der Waals surface area contributed by atoms with Gasteiger partial charge in [0.15, 0.2) is 0 Å². The highest BCUT2D eigenvalue weighted by atomic mass is 16.5. The fraction of sp³-hybridized carbons (Fsp3) is 0.278. The molecule has 1 aliphatic heterocycles. The van der Waals surface area contributed by atoms with Crippen molar-refractivity contribution in [1.82, 2.24) is 0 Å². The number of carbonyl (C=O) groups is 1. The summed E-state index contributed by atoms with van der Waals surface area (Å²) in [5.74, 6) is 1.40. The van der Waals surface area contributed by atoms with E-state index in [4.69, 9.17) is 9.47 Å². The Balaban J connectivity index is 2.18. The van der Waals surface area contributed by atoms with Crippen LogP contribution in [0.5, 0.6) is 11.5 Å². The zero-order chi connectivity index (χ0) is 15.7. The first-order chi connectivity index (χ1) is 10.6. The summed E-state index contributed by atoms with van der Waals surface area (Å²) in [7, 11) is 3.24. The minimum Gasteiger partial charge on any atom is -0.497 e. The maximum Gasteiger partial charge on any atom is 0.225 e. The average Bonchev–Trinajstić information content (AvgIpc) is 2.52. The molecule has 0 aliphatic carbocycles. The van der Waals surface area contributed by atoms with Gasteiger partial charge in [-0.2, -0.15) is 0 Å². The van der Waals surface area contributed by atoms with Crippen LogP contribution in [0.3, 0.4) is 0 Å². The molecule has 1 N–H and O–H groups in total. The van der Waals surface area contributed by atoms with Gasteiger partial charge in [0, 0.05) is 30.0 Å². The highest BCUT2D eigenvalue weighted by molar-refractivity contribution is 5.96. The molecule has 4 heteroatoms. The number of rotatable bonds is 3. The first-order valence-corrected chi connectivity index (χ1v) is 7.24. The Kier molecular flexibility index (Phi) is 3.75. The Morgan fingerprint density at radius 2 is 1.95 bits per heavy atom. The molecule has 114 valence electrons. The topological polar surface area (TPSA) is 47.6 Å². The number of ether oxygens (including phenoxy) is 2. The van der Waals surface area contributed by atoms with E-state index in [1.807, 2.05) is 18.2 Å². The molecule has 0 fully saturated rings. The van der Waals surface area contributed by atoms with E-state index in [0.29, 0.717) is 12.2 Å². The van der Waals surface area contributed by atoms with Crippen LogP contribution in [0.2, 0.25) is 0 Å². The lowest BCUT2D eigenvalue weighted by molar-refractivity contribution is -0.116. The van der Waals surface area contributed by atoms with E-state index in [1.54, 1.807) is 14.2 Å². The van der Waals surface area contributed by atoms with Crippen molar-refractivity contribution < 1.29 is 14.3 Å². The molecule has 1 atom stereocenters. The first kappa shape index (κ1) is 14.4. The van der Waals surface area contributed by atoms with Crippen LogP contribution in [0.15, 0.2) is 36.4 Å². The molecule has 0 unspecified atom stereocenters. The second-order valence-electron chi connectivity index (χ2n) is 5.51. The van der Waals surface area contributed by atoms with Crippen LogP contribution in [0.25, 0.3) is 0 Å². The number of benzene rings is 2. The summed E-state index contributed by atoms with van der Waals surface area (Å²) in [6, 6.07) is 12.0. The summed E-state index contributed by atoms with van der Waals surface area (Å²) in [6.45, 7) is 2.05. The molecular formula is C18H19NO3. The van der Waals surface area contributed by atoms with Crippen molar-refractivity contribution in [3.8, 4) is 11.5 Å². The van der Waals surface area contributed by atoms with Crippen LogP contribution in [0.4, 0.5) is 5.69 Å². The van der Waals surface area contributed by atoms with Crippen molar-refractivity contribution in [1.29, 1.82) is 0 Å². The third-order valence-corrected chi connectivity index (χ3v) is 4.03. The van der Waals surface area contributed by atoms with Crippen LogP contribution in [0.1, 0.15) is 29.0 Å². The lowest BCUT2D eigenvalue weighted by atomic mass is 9.83. The molecule has 1 aliphatic rings. The summed E-state index contributed by atoms with van der Waals surface area (Å²) in [5, 5.41) is 2.92. The summed E-state index contributed by atoms with van der Waals surface area (Å²) in [6.07, 6.45) is 0.416. The van der Waals surface area contributed by atoms with Gasteiger partial charge in [-0.05, 0) is 12.5 Å². The second kappa shape index (κ2) is 5.72. The lowest BCUT2D eigenvalue weighted by Gasteiger charge is -2.28. The maximum atomic E-state index is 12.1. The monoisotopic (exact) mass is 297 g/mol. The van der Waals surface area contributed by atoms with Gasteiger partial charge in [0.05, 0.1) is 19.9 Å². The van der Waals surface area contributed by atoms with E-state index in [9.17, 15) is 4.79 Å². The van der Waals surface area contributed by atoms with Crippen LogP contribution >= 0.6 is 0 Å². The highest BCUT2D eigenvalue weighted by Gasteiger charge is 2.30. The van der Waals surface area contributed by atoms with E-state index < -0.39 is 0 Å². The molecule has 3 rings (SSSR count). The van der Waals surface area contributed by atoms with Crippen LogP contribution in [-0.4, -0.2) is 20.1 Å². The van der Waals surface area contributed by atoms with Crippen molar-refractivity contribution in [3.63, 3.8) is 0 Å². The van der Waals surface area contributed by atoms with Crippen molar-refractivity contribution in [2.24, 2.45) is 0 Å². The number of nitrogens with one attached hydrogen (secondary N) is 1. The van der Waals surface area contributed by atoms with Crippen LogP contribution in [-0.2, 0) is 4.79 Å². The molecule has 1 heterocycles. The molecule has 0 saturated carbocycles. The summed E-state index contributed by atoms with van der Waals surface area (Å²) in [4.78, 5) is 12.1. The van der Waals surface area contributed by atoms with E-state index >= 15 is 0 Å². The van der Waals surface area contributed by atoms with Gasteiger partial charge < -0.3 is 14.8 Å². The van der Waals surface area contributed by atoms with Crippen molar-refractivity contribution in [2.75, 3.05) is 19.5 Å². The zero-order valence-electron chi connectivity index (χ0n) is 13.0. The Morgan fingerprint density at radius 3 is 2.64 bits per heavy atom. The second-order valence-corrected chi connectivity index (χ2v) is 5.51. The van der Waals surface area contributed by atoms with E-state index in [2.05, 4.69) is 30.4 Å². The van der Waals surface area contributed by atoms with Crippen molar-refractivity contribution in [3.05, 3.63) is 53.1 Å². The number of anilines is 1. The molecule has 0 spiro atoms. The number of carbonyl (C=O) groups excluding carboxylic acids is 1. The average molecular weight is 297 g/mol. The third kappa shape index (κ3) is 2.52. The van der Waals surface area contributed by atoms with Gasteiger partial charge in [0.2, 0.25) is 5.91 Å². The minimum atomic E-state index is -0.00972. The molecule has 4 nitrogen and oxygen atoms in total. The fourth-order valence-corrected chi connectivity index (χ4v) is 3.01. The molecule has 22 heavy (non-hydrogen) atoms. The first-order valence-electron chi connectivity index (χ1n) is 7.24. The fourth-order valence-electron chi connectivity index (χ4n) is 3.01. The van der Waals surface area contributed by atoms with Gasteiger partial charge in [0.1, 0.15) is 11.5 Å². The van der Waals surface area contributed by atoms with E-state index in [0.717, 1.165) is 22.6 Å². The third-order valence-electron chi connectivity index (χ3n) is 4.03. The van der Waals surface area contributed by atoms with Gasteiger partial charge in [-0.3, -0.25) is 4.79 Å². The molecule has 2 aromatic rings. The Morgan fingerprint density at radius 1 is 1.14 bits per heavy atom. The van der Waals surface area contributed by atoms with Gasteiger partial charge in [0.25, 0.3) is 0 Å². The Bertz CT molecular complexity index is 724. The van der Waals surface area contributed by atoms with Gasteiger partial charge >= 0.3 is 0 Å². The molecule has 1 amide bonds. The van der Waals surface area contributed by atoms with E-state index in [-0.39, 0.29) is 11.8 Å².